The van der Waals surface area contributed by atoms with Crippen LogP contribution in [0.1, 0.15) is 285 Å². The van der Waals surface area contributed by atoms with Gasteiger partial charge in [-0.25, -0.2) is 4.79 Å². The highest BCUT2D eigenvalue weighted by Crippen LogP contribution is 2.42. The van der Waals surface area contributed by atoms with Crippen LogP contribution in [-0.4, -0.2) is 128 Å². The SMILES string of the molecule is CCCCCCCCCCCCCCCCCCCCCCCCCC(=O)N[C@@H](CO[C@H]1O[C@H](CNC(=O)CCCCCNC(=O)c2ccc(-c3c4ccc(=O)cc-4oc4cc(O)ccc34)c(C(=O)O)c2)[C@H](O)[C@H](O)[C@H]1O)[C@H](O)[C@H](O)CCCCCCCCCCCC. The number of aromatic carboxylic acids is 1. The van der Waals surface area contributed by atoms with Crippen LogP contribution in [0.5, 0.6) is 5.75 Å². The standard InChI is InChI=1S/C75H117N3O15/c1-3-5-7-9-11-13-15-16-17-18-19-20-21-22-23-24-25-26-27-29-31-33-36-41-67(83)78-61(69(84)62(81)39-35-32-30-28-14-12-10-8-6-4-2)53-91-75-72(87)71(86)70(85)65(93-75)52-77-66(82)40-37-34-38-48-76-73(88)54-42-45-57(60(49-54)74(89)90)68-58-46-43-55(79)50-63(58)92-64-51-56(80)44-47-59(64)68/h42-47,49-51,61-62,65,69-72,75,79,81,84-87H,3-41,48,52-53H2,1-2H3,(H,76,88)(H,77,82)(H,78,83)(H,89,90)/t61-,62+,65+,69-,70-,71-,72+,75-/m0/s1. The Balaban J connectivity index is 1.00. The molecule has 0 saturated carbocycles. The Labute approximate surface area is 554 Å². The average molecular weight is 1300 g/mol. The number of benzene rings is 3. The van der Waals surface area contributed by atoms with E-state index in [4.69, 9.17) is 13.9 Å². The molecule has 2 aromatic carbocycles. The molecular weight excluding hydrogens is 1180 g/mol. The van der Waals surface area contributed by atoms with E-state index in [2.05, 4.69) is 29.8 Å². The van der Waals surface area contributed by atoms with Crippen molar-refractivity contribution in [3.8, 4) is 28.2 Å². The lowest BCUT2D eigenvalue weighted by Gasteiger charge is -2.41. The smallest absolute Gasteiger partial charge is 0.336 e. The fourth-order valence-corrected chi connectivity index (χ4v) is 12.7. The fourth-order valence-electron chi connectivity index (χ4n) is 12.7. The minimum Gasteiger partial charge on any atom is -0.508 e. The monoisotopic (exact) mass is 1300 g/mol. The third kappa shape index (κ3) is 29.2. The minimum absolute atomic E-state index is 0.0809. The van der Waals surface area contributed by atoms with Crippen LogP contribution in [0.25, 0.3) is 33.4 Å². The summed E-state index contributed by atoms with van der Waals surface area (Å²) in [6.07, 6.45) is 32.2. The second kappa shape index (κ2) is 45.8. The molecule has 0 aromatic heterocycles. The number of carboxylic acids is 1. The number of aliphatic hydroxyl groups excluding tert-OH is 5. The number of phenolic OH excluding ortho intramolecular Hbond substituents is 1. The van der Waals surface area contributed by atoms with E-state index in [1.807, 2.05) is 0 Å². The topological polar surface area (TPSA) is 295 Å². The molecule has 2 heterocycles. The van der Waals surface area contributed by atoms with Gasteiger partial charge in [0.2, 0.25) is 11.8 Å². The molecule has 1 saturated heterocycles. The number of aromatic hydroxyl groups is 1. The van der Waals surface area contributed by atoms with E-state index in [9.17, 15) is 59.7 Å². The molecule has 1 fully saturated rings. The van der Waals surface area contributed by atoms with Crippen LogP contribution in [0.15, 0.2) is 63.8 Å². The van der Waals surface area contributed by atoms with E-state index < -0.39 is 60.8 Å². The Bertz CT molecular complexity index is 2770. The first-order valence-electron chi connectivity index (χ1n) is 36.2. The molecule has 3 aliphatic rings. The molecule has 93 heavy (non-hydrogen) atoms. The van der Waals surface area contributed by atoms with Crippen LogP contribution in [0, 0.1) is 0 Å². The first-order valence-corrected chi connectivity index (χ1v) is 36.2. The number of carbonyl (C=O) groups is 4. The molecule has 522 valence electrons. The number of phenols is 1. The summed E-state index contributed by atoms with van der Waals surface area (Å²) in [4.78, 5) is 64.6. The Kier molecular flexibility index (Phi) is 38.5. The Morgan fingerprint density at radius 2 is 1.05 bits per heavy atom. The summed E-state index contributed by atoms with van der Waals surface area (Å²) in [6, 6.07) is 11.8. The van der Waals surface area contributed by atoms with Gasteiger partial charge in [-0.05, 0) is 67.6 Å². The van der Waals surface area contributed by atoms with Crippen molar-refractivity contribution in [3.63, 3.8) is 0 Å². The number of carboxylic acid groups (broad SMARTS) is 1. The van der Waals surface area contributed by atoms with Crippen LogP contribution >= 0.6 is 0 Å². The second-order valence-corrected chi connectivity index (χ2v) is 26.3. The van der Waals surface area contributed by atoms with Crippen LogP contribution in [0.3, 0.4) is 0 Å². The lowest BCUT2D eigenvalue weighted by atomic mass is 9.90. The van der Waals surface area contributed by atoms with Gasteiger partial charge in [-0.2, -0.15) is 0 Å². The summed E-state index contributed by atoms with van der Waals surface area (Å²) in [6.45, 7) is 4.08. The third-order valence-electron chi connectivity index (χ3n) is 18.4. The third-order valence-corrected chi connectivity index (χ3v) is 18.4. The molecule has 0 bridgehead atoms. The zero-order valence-corrected chi connectivity index (χ0v) is 56.4. The van der Waals surface area contributed by atoms with Gasteiger partial charge in [0, 0.05) is 60.1 Å². The second-order valence-electron chi connectivity index (χ2n) is 26.3. The van der Waals surface area contributed by atoms with Crippen molar-refractivity contribution in [2.75, 3.05) is 19.7 Å². The molecule has 10 N–H and O–H groups in total. The minimum atomic E-state index is -1.72. The van der Waals surface area contributed by atoms with E-state index in [0.717, 1.165) is 38.5 Å². The van der Waals surface area contributed by atoms with Gasteiger partial charge in [-0.1, -0.05) is 232 Å². The predicted octanol–water partition coefficient (Wildman–Crippen LogP) is 14.1. The Morgan fingerprint density at radius 1 is 0.548 bits per heavy atom. The number of aliphatic hydroxyl groups is 5. The van der Waals surface area contributed by atoms with Crippen molar-refractivity contribution in [2.24, 2.45) is 0 Å². The molecule has 2 aliphatic heterocycles. The number of ether oxygens (including phenoxy) is 2. The van der Waals surface area contributed by atoms with E-state index in [1.165, 1.54) is 203 Å². The van der Waals surface area contributed by atoms with Crippen molar-refractivity contribution in [3.05, 3.63) is 75.9 Å². The molecule has 0 spiro atoms. The maximum atomic E-state index is 13.4. The van der Waals surface area contributed by atoms with Crippen molar-refractivity contribution in [1.29, 1.82) is 0 Å². The van der Waals surface area contributed by atoms with Gasteiger partial charge >= 0.3 is 5.97 Å². The predicted molar refractivity (Wildman–Crippen MR) is 366 cm³/mol. The maximum absolute atomic E-state index is 13.4. The van der Waals surface area contributed by atoms with Crippen molar-refractivity contribution < 1.29 is 68.8 Å². The number of unbranched alkanes of at least 4 members (excludes halogenated alkanes) is 33. The zero-order chi connectivity index (χ0) is 67.0. The number of amides is 3. The van der Waals surface area contributed by atoms with Gasteiger partial charge in [0.05, 0.1) is 24.3 Å². The van der Waals surface area contributed by atoms with Gasteiger partial charge in [-0.3, -0.25) is 19.2 Å². The Morgan fingerprint density at radius 3 is 1.60 bits per heavy atom. The normalized spacial score (nSPS) is 17.6. The van der Waals surface area contributed by atoms with Crippen LogP contribution in [0.4, 0.5) is 0 Å². The number of nitrogens with one attached hydrogen (secondary N) is 3. The molecule has 0 radical (unpaired) electrons. The molecule has 0 unspecified atom stereocenters. The highest BCUT2D eigenvalue weighted by atomic mass is 16.7. The quantitative estimate of drug-likeness (QED) is 0.0145. The molecule has 1 aliphatic carbocycles. The first kappa shape index (κ1) is 78.2. The number of fused-ring (bicyclic) bond motifs is 2. The van der Waals surface area contributed by atoms with Crippen molar-refractivity contribution in [2.45, 2.75) is 313 Å². The number of carbonyl (C=O) groups excluding carboxylic acids is 3. The van der Waals surface area contributed by atoms with Crippen LogP contribution < -0.4 is 21.4 Å². The average Bonchev–Trinajstić information content (AvgIpc) is 0.754. The molecule has 5 rings (SSSR count). The van der Waals surface area contributed by atoms with E-state index in [1.54, 1.807) is 12.1 Å². The lowest BCUT2D eigenvalue weighted by molar-refractivity contribution is -0.297. The highest BCUT2D eigenvalue weighted by Gasteiger charge is 2.45. The zero-order valence-electron chi connectivity index (χ0n) is 56.4. The summed E-state index contributed by atoms with van der Waals surface area (Å²) >= 11 is 0. The van der Waals surface area contributed by atoms with Crippen LogP contribution in [-0.2, 0) is 19.1 Å². The van der Waals surface area contributed by atoms with Gasteiger partial charge in [0.15, 0.2) is 11.7 Å². The van der Waals surface area contributed by atoms with Crippen molar-refractivity contribution in [1.82, 2.24) is 16.0 Å². The Hall–Kier alpha value is -5.47. The summed E-state index contributed by atoms with van der Waals surface area (Å²) in [5.74, 6) is -2.37. The lowest BCUT2D eigenvalue weighted by Crippen LogP contribution is -2.61. The number of rotatable bonds is 52. The largest absolute Gasteiger partial charge is 0.508 e. The first-order chi connectivity index (χ1) is 45.1. The van der Waals surface area contributed by atoms with Gasteiger partial charge in [0.1, 0.15) is 47.6 Å². The van der Waals surface area contributed by atoms with Crippen LogP contribution in [0.2, 0.25) is 0 Å². The van der Waals surface area contributed by atoms with Crippen molar-refractivity contribution >= 4 is 34.7 Å². The summed E-state index contributed by atoms with van der Waals surface area (Å²) < 4.78 is 17.8. The number of hydrogen-bond acceptors (Lipinski definition) is 14. The molecule has 8 atom stereocenters. The summed E-state index contributed by atoms with van der Waals surface area (Å²) in [5.41, 5.74) is 1.05. The molecule has 18 nitrogen and oxygen atoms in total. The van der Waals surface area contributed by atoms with E-state index in [0.29, 0.717) is 55.0 Å². The fraction of sp³-hybridized carbons (Fsp3) is 0.693. The van der Waals surface area contributed by atoms with E-state index in [-0.39, 0.29) is 83.6 Å². The molecular formula is C75H117N3O15. The molecule has 3 amide bonds. The molecule has 2 aromatic rings. The number of hydrogen-bond donors (Lipinski definition) is 10. The van der Waals surface area contributed by atoms with E-state index >= 15 is 0 Å². The molecule has 18 heteroatoms. The highest BCUT2D eigenvalue weighted by molar-refractivity contribution is 6.09. The van der Waals surface area contributed by atoms with Gasteiger partial charge in [-0.15, -0.1) is 0 Å². The maximum Gasteiger partial charge on any atom is 0.336 e. The van der Waals surface area contributed by atoms with Gasteiger partial charge < -0.3 is 65.6 Å². The summed E-state index contributed by atoms with van der Waals surface area (Å²) in [5, 5.41) is 84.8. The summed E-state index contributed by atoms with van der Waals surface area (Å²) in [7, 11) is 0. The van der Waals surface area contributed by atoms with Gasteiger partial charge in [0.25, 0.3) is 5.91 Å².